The molecule has 0 fully saturated rings. The third-order valence-electron chi connectivity index (χ3n) is 6.73. The predicted octanol–water partition coefficient (Wildman–Crippen LogP) is 9.89. The summed E-state index contributed by atoms with van der Waals surface area (Å²) < 4.78 is 0. The van der Waals surface area contributed by atoms with E-state index in [2.05, 4.69) is 99.7 Å². The van der Waals surface area contributed by atoms with Crippen molar-refractivity contribution in [1.82, 2.24) is 0 Å². The molecule has 0 aliphatic carbocycles. The first-order chi connectivity index (χ1) is 20.7. The second-order valence-corrected chi connectivity index (χ2v) is 21.2. The van der Waals surface area contributed by atoms with Crippen LogP contribution >= 0.6 is 0 Å². The third-order valence-corrected chi connectivity index (χ3v) is 6.73. The Hall–Kier alpha value is -3.20. The SMILES string of the molecule is C[Si](C)=[Zr+2].Cc1cc(C)c([O-])c(C)c1.Cc1cc(C)c([O-])c(C)c1.Cc1cc2ccccc2[cH-]1.Cc1cc2ccccc2[cH-]1. The molecule has 0 aliphatic rings. The molecule has 6 aromatic rings. The van der Waals surface area contributed by atoms with E-state index >= 15 is 0 Å². The van der Waals surface area contributed by atoms with Gasteiger partial charge in [-0.25, -0.2) is 0 Å². The van der Waals surface area contributed by atoms with E-state index in [0.29, 0.717) is 0 Å². The van der Waals surface area contributed by atoms with Crippen LogP contribution in [-0.2, 0) is 23.3 Å². The van der Waals surface area contributed by atoms with Crippen molar-refractivity contribution < 1.29 is 33.5 Å². The van der Waals surface area contributed by atoms with Crippen LogP contribution < -0.4 is 10.2 Å². The van der Waals surface area contributed by atoms with Crippen molar-refractivity contribution in [2.75, 3.05) is 0 Å². The summed E-state index contributed by atoms with van der Waals surface area (Å²) in [4.78, 5) is 0. The first-order valence-electron chi connectivity index (χ1n) is 14.9. The van der Waals surface area contributed by atoms with E-state index in [9.17, 15) is 10.2 Å². The summed E-state index contributed by atoms with van der Waals surface area (Å²) in [6.45, 7) is 20.3. The molecule has 0 heterocycles. The van der Waals surface area contributed by atoms with Gasteiger partial charge in [0.1, 0.15) is 0 Å². The monoisotopic (exact) mass is 676 g/mol. The number of rotatable bonds is 0. The van der Waals surface area contributed by atoms with Gasteiger partial charge in [0.05, 0.1) is 0 Å². The second kappa shape index (κ2) is 17.9. The Kier molecular flexibility index (Phi) is 15.1. The molecule has 6 aromatic carbocycles. The van der Waals surface area contributed by atoms with Gasteiger partial charge in [0.2, 0.25) is 0 Å². The maximum Gasteiger partial charge on any atom is -0.0398 e. The zero-order chi connectivity index (χ0) is 33.0. The number of fused-ring (bicyclic) bond motifs is 2. The quantitative estimate of drug-likeness (QED) is 0.119. The number of benzene rings is 4. The Balaban J connectivity index is 0.000000197. The molecule has 0 N–H and O–H groups in total. The van der Waals surface area contributed by atoms with Gasteiger partial charge in [-0.2, -0.15) is 12.1 Å². The Bertz CT molecular complexity index is 1560. The van der Waals surface area contributed by atoms with Crippen molar-refractivity contribution in [1.29, 1.82) is 0 Å². The van der Waals surface area contributed by atoms with Crippen LogP contribution in [-0.4, -0.2) is 5.43 Å². The molecule has 0 spiro atoms. The van der Waals surface area contributed by atoms with Crippen molar-refractivity contribution in [3.63, 3.8) is 0 Å². The van der Waals surface area contributed by atoms with Crippen molar-refractivity contribution in [3.8, 4) is 11.5 Å². The van der Waals surface area contributed by atoms with E-state index in [1.165, 1.54) is 32.7 Å². The predicted molar refractivity (Wildman–Crippen MR) is 186 cm³/mol. The molecule has 0 saturated carbocycles. The molecule has 0 amide bonds. The molecule has 0 bridgehead atoms. The van der Waals surface area contributed by atoms with Gasteiger partial charge in [-0.1, -0.05) is 83.6 Å². The van der Waals surface area contributed by atoms with E-state index < -0.39 is 0 Å². The second-order valence-electron chi connectivity index (χ2n) is 11.8. The molecule has 0 atom stereocenters. The van der Waals surface area contributed by atoms with Crippen LogP contribution in [0, 0.1) is 55.4 Å². The third kappa shape index (κ3) is 12.4. The molecule has 0 aliphatic heterocycles. The van der Waals surface area contributed by atoms with Gasteiger partial charge >= 0.3 is 41.9 Å². The van der Waals surface area contributed by atoms with Gasteiger partial charge in [-0.05, 0) is 41.5 Å². The fourth-order valence-corrected chi connectivity index (χ4v) is 4.95. The topological polar surface area (TPSA) is 46.1 Å². The zero-order valence-electron chi connectivity index (χ0n) is 28.1. The molecule has 44 heavy (non-hydrogen) atoms. The van der Waals surface area contributed by atoms with Crippen LogP contribution in [0.25, 0.3) is 21.5 Å². The maximum atomic E-state index is 11.1. The minimum atomic E-state index is 0.172. The standard InChI is InChI=1S/2C10H9.2C9H12O.C2H6Si.Zr/c2*1-8-6-9-4-2-3-5-10(9)7-8;2*1-6-4-7(2)9(10)8(3)5-6;1-3-2;/h2*2-7H,1H3;2*4-5,10H,1-3H3;1-2H3;/q2*-1;;;;+2/p-2. The van der Waals surface area contributed by atoms with Gasteiger partial charge < -0.3 is 10.2 Å². The van der Waals surface area contributed by atoms with Gasteiger partial charge in [-0.15, -0.1) is 92.7 Å². The summed E-state index contributed by atoms with van der Waals surface area (Å²) in [5, 5.41) is 27.6. The van der Waals surface area contributed by atoms with Gasteiger partial charge in [0.15, 0.2) is 0 Å². The van der Waals surface area contributed by atoms with Crippen LogP contribution in [0.15, 0.2) is 97.1 Å². The van der Waals surface area contributed by atoms with E-state index in [0.717, 1.165) is 33.4 Å². The summed E-state index contributed by atoms with van der Waals surface area (Å²) >= 11 is 1.74. The summed E-state index contributed by atoms with van der Waals surface area (Å²) in [6.07, 6.45) is 0. The first kappa shape index (κ1) is 37.0. The zero-order valence-corrected chi connectivity index (χ0v) is 31.5. The Morgan fingerprint density at radius 1 is 0.500 bits per heavy atom. The molecule has 0 radical (unpaired) electrons. The van der Waals surface area contributed by atoms with Crippen LogP contribution in [0.4, 0.5) is 0 Å². The smallest absolute Gasteiger partial charge is 0.0398 e. The van der Waals surface area contributed by atoms with Crippen molar-refractivity contribution in [2.45, 2.75) is 68.5 Å². The van der Waals surface area contributed by atoms with Crippen molar-refractivity contribution in [3.05, 3.63) is 142 Å². The van der Waals surface area contributed by atoms with E-state index in [4.69, 9.17) is 0 Å². The molecule has 4 heteroatoms. The van der Waals surface area contributed by atoms with Gasteiger partial charge in [0.25, 0.3) is 0 Å². The van der Waals surface area contributed by atoms with Crippen molar-refractivity contribution >= 4 is 27.0 Å². The number of aryl methyl sites for hydroxylation is 8. The van der Waals surface area contributed by atoms with Crippen LogP contribution in [0.2, 0.25) is 13.1 Å². The van der Waals surface area contributed by atoms with E-state index in [1.807, 2.05) is 65.8 Å². The van der Waals surface area contributed by atoms with Crippen LogP contribution in [0.5, 0.6) is 11.5 Å². The minimum absolute atomic E-state index is 0.172. The number of hydrogen-bond acceptors (Lipinski definition) is 2. The molecule has 0 saturated heterocycles. The van der Waals surface area contributed by atoms with Gasteiger partial charge in [0, 0.05) is 0 Å². The Labute approximate surface area is 280 Å². The summed E-state index contributed by atoms with van der Waals surface area (Å²) in [7, 11) is 0. The summed E-state index contributed by atoms with van der Waals surface area (Å²) in [5.41, 5.74) is 8.61. The van der Waals surface area contributed by atoms with Gasteiger partial charge in [-0.3, -0.25) is 0 Å². The van der Waals surface area contributed by atoms with Crippen LogP contribution in [0.3, 0.4) is 0 Å². The van der Waals surface area contributed by atoms with E-state index in [-0.39, 0.29) is 16.9 Å². The maximum absolute atomic E-state index is 11.1. The normalized spacial score (nSPS) is 9.91. The molecular formula is C40H46O2SiZr-2. The fraction of sp³-hybridized carbons (Fsp3) is 0.250. The molecule has 6 rings (SSSR count). The van der Waals surface area contributed by atoms with E-state index in [1.54, 1.807) is 23.3 Å². The summed E-state index contributed by atoms with van der Waals surface area (Å²) in [6, 6.07) is 33.3. The largest absolute Gasteiger partial charge is 0.872 e. The first-order valence-corrected chi connectivity index (χ1v) is 21.1. The average Bonchev–Trinajstić information content (AvgIpc) is 3.51. The molecular weight excluding hydrogens is 632 g/mol. The molecule has 228 valence electrons. The summed E-state index contributed by atoms with van der Waals surface area (Å²) in [5.74, 6) is 0.344. The van der Waals surface area contributed by atoms with Crippen LogP contribution in [0.1, 0.15) is 44.5 Å². The average molecular weight is 678 g/mol. The van der Waals surface area contributed by atoms with Crippen molar-refractivity contribution in [2.24, 2.45) is 0 Å². The minimum Gasteiger partial charge on any atom is -0.872 e. The number of hydrogen-bond donors (Lipinski definition) is 0. The Morgan fingerprint density at radius 2 is 0.773 bits per heavy atom. The molecule has 0 unspecified atom stereocenters. The Morgan fingerprint density at radius 3 is 1.05 bits per heavy atom. The fourth-order valence-electron chi connectivity index (χ4n) is 4.95. The molecule has 2 nitrogen and oxygen atoms in total. The molecule has 0 aromatic heterocycles.